The molecular weight excluding hydrogens is 430 g/mol. The molecule has 0 aromatic heterocycles. The number of benzene rings is 3. The number of fused-ring (bicyclic) bond motifs is 1. The van der Waals surface area contributed by atoms with E-state index in [9.17, 15) is 14.7 Å². The second kappa shape index (κ2) is 8.65. The molecule has 164 valence electrons. The highest BCUT2D eigenvalue weighted by molar-refractivity contribution is 6.30. The molecule has 0 radical (unpaired) electrons. The van der Waals surface area contributed by atoms with Gasteiger partial charge in [0.15, 0.2) is 11.4 Å². The van der Waals surface area contributed by atoms with Crippen LogP contribution in [0.1, 0.15) is 27.9 Å². The third-order valence-electron chi connectivity index (χ3n) is 5.59. The first-order valence-electron chi connectivity index (χ1n) is 10.0. The van der Waals surface area contributed by atoms with Crippen molar-refractivity contribution in [2.75, 3.05) is 19.1 Å². The summed E-state index contributed by atoms with van der Waals surface area (Å²) >= 11 is 6.09. The molecule has 0 saturated carbocycles. The monoisotopic (exact) mass is 451 g/mol. The van der Waals surface area contributed by atoms with Crippen LogP contribution < -0.4 is 14.4 Å². The first-order chi connectivity index (χ1) is 15.4. The van der Waals surface area contributed by atoms with E-state index >= 15 is 0 Å². The van der Waals surface area contributed by atoms with Crippen molar-refractivity contribution in [1.29, 1.82) is 0 Å². The zero-order chi connectivity index (χ0) is 22.9. The van der Waals surface area contributed by atoms with Crippen LogP contribution in [0.15, 0.2) is 66.7 Å². The van der Waals surface area contributed by atoms with E-state index in [0.29, 0.717) is 27.8 Å². The molecule has 1 unspecified atom stereocenters. The quantitative estimate of drug-likeness (QED) is 0.540. The number of halogens is 1. The lowest BCUT2D eigenvalue weighted by Gasteiger charge is -2.23. The van der Waals surface area contributed by atoms with Crippen molar-refractivity contribution in [3.8, 4) is 11.5 Å². The highest BCUT2D eigenvalue weighted by Gasteiger charge is 2.51. The van der Waals surface area contributed by atoms with Crippen molar-refractivity contribution in [1.82, 2.24) is 0 Å². The van der Waals surface area contributed by atoms with Crippen LogP contribution in [0.25, 0.3) is 0 Å². The van der Waals surface area contributed by atoms with Gasteiger partial charge in [-0.3, -0.25) is 9.59 Å². The van der Waals surface area contributed by atoms with Crippen molar-refractivity contribution in [2.45, 2.75) is 18.6 Å². The number of nitrogens with zero attached hydrogens (tertiary/aromatic N) is 1. The van der Waals surface area contributed by atoms with Crippen molar-refractivity contribution in [2.24, 2.45) is 0 Å². The number of ether oxygens (including phenoxy) is 2. The normalized spacial score (nSPS) is 17.2. The van der Waals surface area contributed by atoms with Gasteiger partial charge < -0.3 is 19.5 Å². The van der Waals surface area contributed by atoms with Gasteiger partial charge in [0.25, 0.3) is 5.91 Å². The summed E-state index contributed by atoms with van der Waals surface area (Å²) in [6.45, 7) is 0.218. The lowest BCUT2D eigenvalue weighted by Crippen LogP contribution is -2.41. The molecule has 32 heavy (non-hydrogen) atoms. The highest BCUT2D eigenvalue weighted by Crippen LogP contribution is 2.44. The van der Waals surface area contributed by atoms with E-state index in [1.165, 1.54) is 19.1 Å². The summed E-state index contributed by atoms with van der Waals surface area (Å²) in [6.07, 6.45) is -0.432. The van der Waals surface area contributed by atoms with Gasteiger partial charge in [0.05, 0.1) is 38.4 Å². The summed E-state index contributed by atoms with van der Waals surface area (Å²) < 4.78 is 10.5. The lowest BCUT2D eigenvalue weighted by atomic mass is 9.88. The summed E-state index contributed by atoms with van der Waals surface area (Å²) in [4.78, 5) is 28.2. The average molecular weight is 452 g/mol. The Morgan fingerprint density at radius 3 is 2.53 bits per heavy atom. The third-order valence-corrected chi connectivity index (χ3v) is 5.83. The van der Waals surface area contributed by atoms with Gasteiger partial charge >= 0.3 is 0 Å². The summed E-state index contributed by atoms with van der Waals surface area (Å²) in [5, 5.41) is 12.1. The molecule has 0 saturated heterocycles. The first-order valence-corrected chi connectivity index (χ1v) is 10.4. The number of carbonyl (C=O) groups excluding carboxylic acids is 2. The number of hydrogen-bond acceptors (Lipinski definition) is 5. The van der Waals surface area contributed by atoms with Crippen LogP contribution in [-0.2, 0) is 16.9 Å². The van der Waals surface area contributed by atoms with E-state index < -0.39 is 23.7 Å². The fourth-order valence-corrected chi connectivity index (χ4v) is 4.22. The molecule has 1 atom stereocenters. The minimum absolute atomic E-state index is 0.218. The van der Waals surface area contributed by atoms with Crippen LogP contribution in [0.2, 0.25) is 5.02 Å². The molecule has 1 N–H and O–H groups in total. The van der Waals surface area contributed by atoms with Crippen molar-refractivity contribution >= 4 is 29.0 Å². The number of Topliss-reactive ketones (excluding diaryl/α,β-unsaturated/α-hetero) is 1. The number of carbonyl (C=O) groups is 2. The SMILES string of the molecule is COc1ccc(OC)c(C(=O)CC2(O)C(=O)N(Cc3cccc(Cl)c3)c3ccccc32)c1. The topological polar surface area (TPSA) is 76.1 Å². The van der Waals surface area contributed by atoms with Crippen LogP contribution in [0.3, 0.4) is 0 Å². The Morgan fingerprint density at radius 1 is 1.03 bits per heavy atom. The zero-order valence-electron chi connectivity index (χ0n) is 17.7. The summed E-state index contributed by atoms with van der Waals surface area (Å²) in [7, 11) is 2.95. The maximum atomic E-state index is 13.5. The first kappa shape index (κ1) is 21.9. The molecule has 1 heterocycles. The fraction of sp³-hybridized carbons (Fsp3) is 0.200. The minimum Gasteiger partial charge on any atom is -0.497 e. The van der Waals surface area contributed by atoms with E-state index in [4.69, 9.17) is 21.1 Å². The van der Waals surface area contributed by atoms with Crippen LogP contribution in [0, 0.1) is 0 Å². The maximum absolute atomic E-state index is 13.5. The molecule has 0 fully saturated rings. The molecule has 6 nitrogen and oxygen atoms in total. The van der Waals surface area contributed by atoms with Crippen LogP contribution in [0.4, 0.5) is 5.69 Å². The van der Waals surface area contributed by atoms with Gasteiger partial charge in [0, 0.05) is 10.6 Å². The molecule has 3 aromatic rings. The summed E-state index contributed by atoms with van der Waals surface area (Å²) in [5.74, 6) is -0.180. The van der Waals surface area contributed by atoms with Gasteiger partial charge in [0.2, 0.25) is 0 Å². The summed E-state index contributed by atoms with van der Waals surface area (Å²) in [6, 6.07) is 18.9. The second-order valence-electron chi connectivity index (χ2n) is 7.56. The molecular formula is C25H22ClNO5. The molecule has 1 amide bonds. The van der Waals surface area contributed by atoms with Crippen molar-refractivity contribution in [3.63, 3.8) is 0 Å². The Bertz CT molecular complexity index is 1190. The highest BCUT2D eigenvalue weighted by atomic mass is 35.5. The van der Waals surface area contributed by atoms with Gasteiger partial charge in [-0.05, 0) is 42.0 Å². The number of para-hydroxylation sites is 1. The standard InChI is InChI=1S/C25H22ClNO5/c1-31-18-10-11-23(32-2)19(13-18)22(28)14-25(30)20-8-3-4-9-21(20)27(24(25)29)15-16-6-5-7-17(26)12-16/h3-13,30H,14-15H2,1-2H3. The molecule has 0 spiro atoms. The Balaban J connectivity index is 1.70. The van der Waals surface area contributed by atoms with Gasteiger partial charge in [-0.15, -0.1) is 0 Å². The van der Waals surface area contributed by atoms with Crippen molar-refractivity contribution < 1.29 is 24.2 Å². The Kier molecular flexibility index (Phi) is 5.91. The maximum Gasteiger partial charge on any atom is 0.264 e. The number of methoxy groups -OCH3 is 2. The summed E-state index contributed by atoms with van der Waals surface area (Å²) in [5.41, 5.74) is -0.00229. The molecule has 1 aliphatic rings. The Labute approximate surface area is 191 Å². The van der Waals surface area contributed by atoms with Gasteiger partial charge in [0.1, 0.15) is 11.5 Å². The lowest BCUT2D eigenvalue weighted by molar-refractivity contribution is -0.136. The van der Waals surface area contributed by atoms with E-state index in [1.807, 2.05) is 6.07 Å². The van der Waals surface area contributed by atoms with Crippen molar-refractivity contribution in [3.05, 3.63) is 88.4 Å². The van der Waals surface area contributed by atoms with Gasteiger partial charge in [-0.25, -0.2) is 0 Å². The largest absolute Gasteiger partial charge is 0.497 e. The van der Waals surface area contributed by atoms with E-state index in [0.717, 1.165) is 5.56 Å². The number of rotatable bonds is 7. The number of anilines is 1. The van der Waals surface area contributed by atoms with Gasteiger partial charge in [-0.2, -0.15) is 0 Å². The predicted octanol–water partition coefficient (Wildman–Crippen LogP) is 4.36. The number of aliphatic hydroxyl groups is 1. The van der Waals surface area contributed by atoms with E-state index in [2.05, 4.69) is 0 Å². The zero-order valence-corrected chi connectivity index (χ0v) is 18.4. The molecule has 0 bridgehead atoms. The van der Waals surface area contributed by atoms with Gasteiger partial charge in [-0.1, -0.05) is 41.9 Å². The predicted molar refractivity (Wildman–Crippen MR) is 121 cm³/mol. The second-order valence-corrected chi connectivity index (χ2v) is 8.00. The smallest absolute Gasteiger partial charge is 0.264 e. The van der Waals surface area contributed by atoms with E-state index in [-0.39, 0.29) is 12.1 Å². The number of ketones is 1. The van der Waals surface area contributed by atoms with Crippen LogP contribution in [-0.4, -0.2) is 31.0 Å². The van der Waals surface area contributed by atoms with Crippen LogP contribution >= 0.6 is 11.6 Å². The average Bonchev–Trinajstić information content (AvgIpc) is 3.00. The van der Waals surface area contributed by atoms with E-state index in [1.54, 1.807) is 60.7 Å². The number of amides is 1. The Hall–Kier alpha value is -3.35. The molecule has 7 heteroatoms. The van der Waals surface area contributed by atoms with Crippen LogP contribution in [0.5, 0.6) is 11.5 Å². The minimum atomic E-state index is -2.00. The number of hydrogen-bond donors (Lipinski definition) is 1. The fourth-order valence-electron chi connectivity index (χ4n) is 4.01. The molecule has 0 aliphatic carbocycles. The molecule has 1 aliphatic heterocycles. The molecule has 3 aromatic carbocycles. The molecule has 4 rings (SSSR count). The Morgan fingerprint density at radius 2 is 1.81 bits per heavy atom. The third kappa shape index (κ3) is 3.83.